The molecule has 0 saturated heterocycles. The third-order valence-electron chi connectivity index (χ3n) is 4.27. The highest BCUT2D eigenvalue weighted by atomic mass is 35.5. The molecule has 0 aliphatic carbocycles. The van der Waals surface area contributed by atoms with Crippen molar-refractivity contribution < 1.29 is 13.3 Å². The highest BCUT2D eigenvalue weighted by Gasteiger charge is 2.29. The largest absolute Gasteiger partial charge is 0.358 e. The summed E-state index contributed by atoms with van der Waals surface area (Å²) in [5.41, 5.74) is 0.138. The van der Waals surface area contributed by atoms with Crippen molar-refractivity contribution in [2.24, 2.45) is 0 Å². The summed E-state index contributed by atoms with van der Waals surface area (Å²) in [5.74, 6) is -1.01. The van der Waals surface area contributed by atoms with Gasteiger partial charge >= 0.3 is 5.82 Å². The number of nitro groups is 1. The second-order valence-corrected chi connectivity index (χ2v) is 9.88. The normalized spacial score (nSPS) is 11.6. The molecule has 2 aromatic carbocycles. The van der Waals surface area contributed by atoms with E-state index >= 15 is 0 Å². The van der Waals surface area contributed by atoms with Crippen molar-refractivity contribution in [1.29, 1.82) is 0 Å². The molecule has 0 saturated carbocycles. The van der Waals surface area contributed by atoms with Crippen LogP contribution in [0, 0.1) is 10.1 Å². The molecule has 0 fully saturated rings. The van der Waals surface area contributed by atoms with E-state index in [4.69, 9.17) is 11.6 Å². The summed E-state index contributed by atoms with van der Waals surface area (Å²) >= 11 is 7.54. The molecule has 10 heteroatoms. The van der Waals surface area contributed by atoms with Crippen LogP contribution in [0.5, 0.6) is 0 Å². The maximum Gasteiger partial charge on any atom is 0.352 e. The number of sulfone groups is 1. The molecule has 0 aliphatic heterocycles. The van der Waals surface area contributed by atoms with E-state index < -0.39 is 26.3 Å². The van der Waals surface area contributed by atoms with Crippen molar-refractivity contribution in [3.8, 4) is 0 Å². The van der Waals surface area contributed by atoms with Crippen molar-refractivity contribution in [3.63, 3.8) is 0 Å². The first-order chi connectivity index (χ1) is 14.3. The minimum absolute atomic E-state index is 0.0771. The van der Waals surface area contributed by atoms with Crippen molar-refractivity contribution in [1.82, 2.24) is 9.38 Å². The summed E-state index contributed by atoms with van der Waals surface area (Å²) in [5, 5.41) is 12.1. The van der Waals surface area contributed by atoms with Crippen molar-refractivity contribution in [3.05, 3.63) is 93.8 Å². The molecule has 2 heterocycles. The van der Waals surface area contributed by atoms with Crippen LogP contribution in [0.25, 0.3) is 5.65 Å². The molecule has 30 heavy (non-hydrogen) atoms. The average Bonchev–Trinajstić information content (AvgIpc) is 3.07. The van der Waals surface area contributed by atoms with Gasteiger partial charge in [-0.1, -0.05) is 59.8 Å². The predicted octanol–water partition coefficient (Wildman–Crippen LogP) is 5.02. The lowest BCUT2D eigenvalue weighted by atomic mass is 10.4. The molecule has 2 aromatic heterocycles. The molecule has 0 unspecified atom stereocenters. The number of imidazole rings is 1. The smallest absolute Gasteiger partial charge is 0.352 e. The van der Waals surface area contributed by atoms with Gasteiger partial charge in [-0.05, 0) is 35.3 Å². The van der Waals surface area contributed by atoms with Crippen LogP contribution in [0.3, 0.4) is 0 Å². The number of pyridine rings is 1. The number of nitrogens with zero attached hydrogens (tertiary/aromatic N) is 3. The lowest BCUT2D eigenvalue weighted by Gasteiger charge is -2.03. The number of fused-ring (bicyclic) bond motifs is 1. The maximum atomic E-state index is 12.8. The summed E-state index contributed by atoms with van der Waals surface area (Å²) in [7, 11) is -3.82. The Morgan fingerprint density at radius 1 is 1.07 bits per heavy atom. The summed E-state index contributed by atoms with van der Waals surface area (Å²) in [6.07, 6.45) is 1.37. The van der Waals surface area contributed by atoms with E-state index in [1.165, 1.54) is 34.5 Å². The van der Waals surface area contributed by atoms with Crippen LogP contribution < -0.4 is 0 Å². The van der Waals surface area contributed by atoms with Gasteiger partial charge in [-0.15, -0.1) is 0 Å². The van der Waals surface area contributed by atoms with Gasteiger partial charge in [-0.3, -0.25) is 0 Å². The molecular formula is C20H14ClN3O4S2. The van der Waals surface area contributed by atoms with Gasteiger partial charge in [0.1, 0.15) is 11.9 Å². The summed E-state index contributed by atoms with van der Waals surface area (Å²) in [6, 6.07) is 18.8. The zero-order valence-electron chi connectivity index (χ0n) is 15.3. The Morgan fingerprint density at radius 2 is 1.70 bits per heavy atom. The second-order valence-electron chi connectivity index (χ2n) is 6.34. The molecule has 0 N–H and O–H groups in total. The zero-order chi connectivity index (χ0) is 21.3. The molecule has 0 spiro atoms. The topological polar surface area (TPSA) is 94.6 Å². The first-order valence-electron chi connectivity index (χ1n) is 8.71. The summed E-state index contributed by atoms with van der Waals surface area (Å²) in [6.45, 7) is 0. The summed E-state index contributed by atoms with van der Waals surface area (Å²) in [4.78, 5) is 17.1. The van der Waals surface area contributed by atoms with Gasteiger partial charge < -0.3 is 10.1 Å². The van der Waals surface area contributed by atoms with E-state index in [1.54, 1.807) is 24.3 Å². The quantitative estimate of drug-likeness (QED) is 0.297. The van der Waals surface area contributed by atoms with Crippen molar-refractivity contribution >= 4 is 44.7 Å². The van der Waals surface area contributed by atoms with E-state index in [-0.39, 0.29) is 21.3 Å². The Hall–Kier alpha value is -2.88. The monoisotopic (exact) mass is 459 g/mol. The maximum absolute atomic E-state index is 12.8. The Bertz CT molecular complexity index is 1340. The standard InChI is InChI=1S/C20H14ClN3O4S2/c21-14-11-18(29-15-7-3-1-4-8-15)19-22-17(20(24(25)26)23(19)12-14)13-30(27,28)16-9-5-2-6-10-16/h1-12H,13H2. The first-order valence-corrected chi connectivity index (χ1v) is 11.6. The number of halogens is 1. The van der Waals surface area contributed by atoms with Crippen LogP contribution in [0.2, 0.25) is 5.02 Å². The van der Waals surface area contributed by atoms with Crippen LogP contribution in [0.15, 0.2) is 87.6 Å². The first kappa shape index (κ1) is 20.4. The number of rotatable bonds is 6. The molecule has 4 aromatic rings. The number of aromatic nitrogens is 2. The van der Waals surface area contributed by atoms with E-state index in [1.807, 2.05) is 30.3 Å². The molecular weight excluding hydrogens is 446 g/mol. The van der Waals surface area contributed by atoms with Gasteiger partial charge in [-0.2, -0.15) is 4.40 Å². The highest BCUT2D eigenvalue weighted by molar-refractivity contribution is 7.99. The Kier molecular flexibility index (Phi) is 5.50. The van der Waals surface area contributed by atoms with Gasteiger partial charge in [-0.25, -0.2) is 13.4 Å². The molecule has 0 bridgehead atoms. The van der Waals surface area contributed by atoms with E-state index in [9.17, 15) is 18.5 Å². The molecule has 4 rings (SSSR count). The van der Waals surface area contributed by atoms with E-state index in [0.29, 0.717) is 4.90 Å². The van der Waals surface area contributed by atoms with Crippen LogP contribution in [0.4, 0.5) is 5.82 Å². The molecule has 0 radical (unpaired) electrons. The molecule has 0 amide bonds. The molecule has 0 aliphatic rings. The van der Waals surface area contributed by atoms with Gasteiger partial charge in [0.15, 0.2) is 15.5 Å². The SMILES string of the molecule is O=[N+]([O-])c1c(CS(=O)(=O)c2ccccc2)nc2c(Sc3ccccc3)cc(Cl)cn12. The lowest BCUT2D eigenvalue weighted by Crippen LogP contribution is -2.07. The van der Waals surface area contributed by atoms with Crippen LogP contribution in [0.1, 0.15) is 5.69 Å². The Balaban J connectivity index is 1.85. The lowest BCUT2D eigenvalue weighted by molar-refractivity contribution is -0.391. The Labute approximate surface area is 181 Å². The van der Waals surface area contributed by atoms with Crippen LogP contribution >= 0.6 is 23.4 Å². The average molecular weight is 460 g/mol. The summed E-state index contributed by atoms with van der Waals surface area (Å²) < 4.78 is 26.8. The minimum Gasteiger partial charge on any atom is -0.358 e. The van der Waals surface area contributed by atoms with E-state index in [0.717, 1.165) is 4.90 Å². The van der Waals surface area contributed by atoms with Gasteiger partial charge in [0, 0.05) is 4.90 Å². The number of hydrogen-bond acceptors (Lipinski definition) is 6. The fraction of sp³-hybridized carbons (Fsp3) is 0.0500. The fourth-order valence-corrected chi connectivity index (χ4v) is 5.52. The second kappa shape index (κ2) is 8.10. The number of hydrogen-bond donors (Lipinski definition) is 0. The van der Waals surface area contributed by atoms with Crippen molar-refractivity contribution in [2.45, 2.75) is 20.4 Å². The van der Waals surface area contributed by atoms with E-state index in [2.05, 4.69) is 4.98 Å². The highest BCUT2D eigenvalue weighted by Crippen LogP contribution is 2.36. The van der Waals surface area contributed by atoms with Crippen molar-refractivity contribution in [2.75, 3.05) is 0 Å². The van der Waals surface area contributed by atoms with Gasteiger partial charge in [0.25, 0.3) is 0 Å². The van der Waals surface area contributed by atoms with Crippen LogP contribution in [-0.2, 0) is 15.6 Å². The third kappa shape index (κ3) is 4.04. The third-order valence-corrected chi connectivity index (χ3v) is 7.15. The molecule has 0 atom stereocenters. The van der Waals surface area contributed by atoms with Gasteiger partial charge in [0.05, 0.1) is 14.8 Å². The minimum atomic E-state index is -3.82. The molecule has 7 nitrogen and oxygen atoms in total. The van der Waals surface area contributed by atoms with Gasteiger partial charge in [0.2, 0.25) is 5.65 Å². The molecule has 152 valence electrons. The fourth-order valence-electron chi connectivity index (χ4n) is 2.99. The predicted molar refractivity (Wildman–Crippen MR) is 115 cm³/mol. The zero-order valence-corrected chi connectivity index (χ0v) is 17.7. The van der Waals surface area contributed by atoms with Crippen LogP contribution in [-0.4, -0.2) is 22.7 Å². The number of benzene rings is 2. The Morgan fingerprint density at radius 3 is 2.33 bits per heavy atom.